The van der Waals surface area contributed by atoms with Crippen LogP contribution in [-0.4, -0.2) is 74.6 Å². The molecule has 8 heteroatoms. The average molecular weight is 469 g/mol. The number of amides is 1. The normalized spacial score (nSPS) is 17.4. The standard InChI is InChI=1S/C26H32N2O6/c1-6-14-34-19-9-7-8-17(15-19)23-22(25(30)26(31)28(23)13-12-27(2)3)24(29)18-10-11-20(32-4)21(16-18)33-5/h7-11,15-16,23,29H,6,12-14H2,1-5H3/b24-22+. The number of methoxy groups -OCH3 is 2. The molecular formula is C26H32N2O6. The van der Waals surface area contributed by atoms with Gasteiger partial charge in [-0.15, -0.1) is 0 Å². The van der Waals surface area contributed by atoms with E-state index in [1.807, 2.05) is 50.2 Å². The third-order valence-corrected chi connectivity index (χ3v) is 5.63. The van der Waals surface area contributed by atoms with Crippen molar-refractivity contribution < 1.29 is 28.9 Å². The Balaban J connectivity index is 2.15. The van der Waals surface area contributed by atoms with Crippen molar-refractivity contribution in [2.75, 3.05) is 48.0 Å². The van der Waals surface area contributed by atoms with Crippen LogP contribution in [0.2, 0.25) is 0 Å². The predicted molar refractivity (Wildman–Crippen MR) is 129 cm³/mol. The van der Waals surface area contributed by atoms with Crippen molar-refractivity contribution in [3.8, 4) is 17.2 Å². The topological polar surface area (TPSA) is 88.5 Å². The van der Waals surface area contributed by atoms with Crippen molar-refractivity contribution in [3.05, 3.63) is 59.2 Å². The van der Waals surface area contributed by atoms with E-state index in [1.165, 1.54) is 19.1 Å². The van der Waals surface area contributed by atoms with Gasteiger partial charge in [-0.3, -0.25) is 9.59 Å². The Bertz CT molecular complexity index is 1080. The van der Waals surface area contributed by atoms with Gasteiger partial charge in [0.15, 0.2) is 11.5 Å². The van der Waals surface area contributed by atoms with Gasteiger partial charge >= 0.3 is 0 Å². The highest BCUT2D eigenvalue weighted by atomic mass is 16.5. The van der Waals surface area contributed by atoms with E-state index >= 15 is 0 Å². The van der Waals surface area contributed by atoms with Crippen molar-refractivity contribution in [3.63, 3.8) is 0 Å². The number of likely N-dealkylation sites (tertiary alicyclic amines) is 1. The maximum Gasteiger partial charge on any atom is 0.295 e. The Hall–Kier alpha value is -3.52. The first-order valence-electron chi connectivity index (χ1n) is 11.2. The second kappa shape index (κ2) is 11.1. The molecule has 1 aliphatic rings. The Kier molecular flexibility index (Phi) is 8.17. The van der Waals surface area contributed by atoms with Crippen molar-refractivity contribution in [1.82, 2.24) is 9.80 Å². The molecule has 1 saturated heterocycles. The lowest BCUT2D eigenvalue weighted by molar-refractivity contribution is -0.140. The molecule has 1 aliphatic heterocycles. The van der Waals surface area contributed by atoms with Gasteiger partial charge in [0.05, 0.1) is 32.4 Å². The van der Waals surface area contributed by atoms with E-state index in [2.05, 4.69) is 0 Å². The number of aliphatic hydroxyl groups is 1. The minimum absolute atomic E-state index is 0.0311. The molecule has 8 nitrogen and oxygen atoms in total. The quantitative estimate of drug-likeness (QED) is 0.324. The van der Waals surface area contributed by atoms with Gasteiger partial charge in [0.2, 0.25) is 0 Å². The first kappa shape index (κ1) is 25.1. The molecule has 3 rings (SSSR count). The number of Topliss-reactive ketones (excluding diaryl/α,β-unsaturated/α-hetero) is 1. The van der Waals surface area contributed by atoms with Crippen LogP contribution in [0.4, 0.5) is 0 Å². The van der Waals surface area contributed by atoms with E-state index in [0.29, 0.717) is 48.1 Å². The van der Waals surface area contributed by atoms with Crippen LogP contribution in [-0.2, 0) is 9.59 Å². The summed E-state index contributed by atoms with van der Waals surface area (Å²) in [5.41, 5.74) is 1.07. The van der Waals surface area contributed by atoms with Gasteiger partial charge in [0.25, 0.3) is 11.7 Å². The zero-order valence-corrected chi connectivity index (χ0v) is 20.3. The first-order valence-corrected chi connectivity index (χ1v) is 11.2. The molecule has 0 spiro atoms. The number of aliphatic hydroxyl groups excluding tert-OH is 1. The summed E-state index contributed by atoms with van der Waals surface area (Å²) in [5.74, 6) is -0.104. The number of nitrogens with zero attached hydrogens (tertiary/aromatic N) is 2. The molecule has 0 radical (unpaired) electrons. The maximum atomic E-state index is 13.2. The van der Waals surface area contributed by atoms with Gasteiger partial charge in [-0.1, -0.05) is 19.1 Å². The van der Waals surface area contributed by atoms with Gasteiger partial charge in [0.1, 0.15) is 11.5 Å². The number of benzene rings is 2. The van der Waals surface area contributed by atoms with Crippen LogP contribution in [0, 0.1) is 0 Å². The maximum absolute atomic E-state index is 13.2. The second-order valence-electron chi connectivity index (χ2n) is 8.29. The highest BCUT2D eigenvalue weighted by Crippen LogP contribution is 2.41. The number of likely N-dealkylation sites (N-methyl/N-ethyl adjacent to an activating group) is 1. The van der Waals surface area contributed by atoms with Crippen LogP contribution >= 0.6 is 0 Å². The molecule has 2 aromatic carbocycles. The summed E-state index contributed by atoms with van der Waals surface area (Å²) >= 11 is 0. The highest BCUT2D eigenvalue weighted by molar-refractivity contribution is 6.46. The number of ether oxygens (including phenoxy) is 3. The largest absolute Gasteiger partial charge is 0.507 e. The van der Waals surface area contributed by atoms with Crippen LogP contribution in [0.1, 0.15) is 30.5 Å². The van der Waals surface area contributed by atoms with E-state index in [0.717, 1.165) is 6.42 Å². The first-order chi connectivity index (χ1) is 16.3. The molecule has 1 atom stereocenters. The van der Waals surface area contributed by atoms with Crippen molar-refractivity contribution in [1.29, 1.82) is 0 Å². The summed E-state index contributed by atoms with van der Waals surface area (Å²) in [6.45, 7) is 3.45. The zero-order valence-electron chi connectivity index (χ0n) is 20.3. The molecule has 0 bridgehead atoms. The number of ketones is 1. The molecule has 2 aromatic rings. The minimum atomic E-state index is -0.752. The summed E-state index contributed by atoms with van der Waals surface area (Å²) in [7, 11) is 6.80. The van der Waals surface area contributed by atoms with Crippen LogP contribution < -0.4 is 14.2 Å². The van der Waals surface area contributed by atoms with Crippen LogP contribution in [0.15, 0.2) is 48.0 Å². The van der Waals surface area contributed by atoms with E-state index < -0.39 is 17.7 Å². The van der Waals surface area contributed by atoms with E-state index in [9.17, 15) is 14.7 Å². The van der Waals surface area contributed by atoms with Crippen molar-refractivity contribution >= 4 is 17.4 Å². The van der Waals surface area contributed by atoms with Crippen LogP contribution in [0.3, 0.4) is 0 Å². The molecule has 1 heterocycles. The highest BCUT2D eigenvalue weighted by Gasteiger charge is 2.46. The summed E-state index contributed by atoms with van der Waals surface area (Å²) in [6.07, 6.45) is 0.852. The molecule has 0 aromatic heterocycles. The van der Waals surface area contributed by atoms with Crippen LogP contribution in [0.5, 0.6) is 17.2 Å². The third-order valence-electron chi connectivity index (χ3n) is 5.63. The molecule has 182 valence electrons. The summed E-state index contributed by atoms with van der Waals surface area (Å²) in [4.78, 5) is 29.7. The fourth-order valence-corrected chi connectivity index (χ4v) is 3.90. The van der Waals surface area contributed by atoms with Gasteiger partial charge in [0, 0.05) is 18.7 Å². The summed E-state index contributed by atoms with van der Waals surface area (Å²) in [5, 5.41) is 11.3. The van der Waals surface area contributed by atoms with E-state index in [-0.39, 0.29) is 11.3 Å². The Morgan fingerprint density at radius 2 is 1.79 bits per heavy atom. The van der Waals surface area contributed by atoms with Gasteiger partial charge in [-0.25, -0.2) is 0 Å². The summed E-state index contributed by atoms with van der Waals surface area (Å²) < 4.78 is 16.4. The number of hydrogen-bond donors (Lipinski definition) is 1. The molecule has 34 heavy (non-hydrogen) atoms. The molecule has 1 unspecified atom stereocenters. The SMILES string of the molecule is CCCOc1cccc(C2/C(=C(\O)c3ccc(OC)c(OC)c3)C(=O)C(=O)N2CCN(C)C)c1. The molecule has 1 amide bonds. The summed E-state index contributed by atoms with van der Waals surface area (Å²) in [6, 6.07) is 11.4. The van der Waals surface area contributed by atoms with Gasteiger partial charge in [-0.2, -0.15) is 0 Å². The molecular weight excluding hydrogens is 436 g/mol. The smallest absolute Gasteiger partial charge is 0.295 e. The lowest BCUT2D eigenvalue weighted by atomic mass is 9.95. The van der Waals surface area contributed by atoms with Gasteiger partial charge in [-0.05, 0) is 56.4 Å². The number of hydrogen-bond acceptors (Lipinski definition) is 7. The molecule has 0 aliphatic carbocycles. The van der Waals surface area contributed by atoms with Crippen LogP contribution in [0.25, 0.3) is 5.76 Å². The number of carbonyl (C=O) groups excluding carboxylic acids is 2. The van der Waals surface area contributed by atoms with Crippen molar-refractivity contribution in [2.24, 2.45) is 0 Å². The Morgan fingerprint density at radius 1 is 1.06 bits per heavy atom. The Labute approximate surface area is 200 Å². The second-order valence-corrected chi connectivity index (χ2v) is 8.29. The monoisotopic (exact) mass is 468 g/mol. The lowest BCUT2D eigenvalue weighted by Crippen LogP contribution is -2.35. The van der Waals surface area contributed by atoms with E-state index in [4.69, 9.17) is 14.2 Å². The lowest BCUT2D eigenvalue weighted by Gasteiger charge is -2.27. The minimum Gasteiger partial charge on any atom is -0.507 e. The number of rotatable bonds is 10. The Morgan fingerprint density at radius 3 is 2.44 bits per heavy atom. The van der Waals surface area contributed by atoms with Gasteiger partial charge < -0.3 is 29.1 Å². The number of carbonyl (C=O) groups is 2. The zero-order chi connectivity index (χ0) is 24.8. The fraction of sp³-hybridized carbons (Fsp3) is 0.385. The fourth-order valence-electron chi connectivity index (χ4n) is 3.90. The van der Waals surface area contributed by atoms with Crippen molar-refractivity contribution in [2.45, 2.75) is 19.4 Å². The predicted octanol–water partition coefficient (Wildman–Crippen LogP) is 3.48. The molecule has 1 N–H and O–H groups in total. The molecule has 0 saturated carbocycles. The molecule has 1 fully saturated rings. The van der Waals surface area contributed by atoms with E-state index in [1.54, 1.807) is 18.2 Å². The average Bonchev–Trinajstić information content (AvgIpc) is 3.10. The third kappa shape index (κ3) is 5.17.